The Morgan fingerprint density at radius 3 is 2.24 bits per heavy atom. The van der Waals surface area contributed by atoms with E-state index in [2.05, 4.69) is 0 Å². The highest BCUT2D eigenvalue weighted by Gasteiger charge is 2.32. The second-order valence-electron chi connectivity index (χ2n) is 4.82. The van der Waals surface area contributed by atoms with Gasteiger partial charge in [0.1, 0.15) is 28.9 Å². The summed E-state index contributed by atoms with van der Waals surface area (Å²) in [6.07, 6.45) is -0.844. The molecule has 1 atom stereocenters. The van der Waals surface area contributed by atoms with Gasteiger partial charge in [-0.05, 0) is 24.3 Å². The molecule has 21 heavy (non-hydrogen) atoms. The standard InChI is InChI=1S/C15H12O6/c16-8-3-7(4-9(17)5-8)13-6-12(20)14-10(18)1-2-11(19)15(14)21-13/h1-5,13,16-19H,6H2. The molecule has 0 amide bonds. The van der Waals surface area contributed by atoms with E-state index in [0.29, 0.717) is 5.56 Å². The lowest BCUT2D eigenvalue weighted by atomic mass is 9.95. The van der Waals surface area contributed by atoms with Crippen molar-refractivity contribution in [2.45, 2.75) is 12.5 Å². The van der Waals surface area contributed by atoms with Crippen LogP contribution in [-0.2, 0) is 0 Å². The van der Waals surface area contributed by atoms with Gasteiger partial charge in [-0.3, -0.25) is 4.79 Å². The van der Waals surface area contributed by atoms with Gasteiger partial charge in [0.05, 0.1) is 6.42 Å². The molecule has 1 aliphatic rings. The molecule has 0 spiro atoms. The first-order valence-electron chi connectivity index (χ1n) is 6.23. The highest BCUT2D eigenvalue weighted by Crippen LogP contribution is 2.44. The Hall–Kier alpha value is -2.89. The number of fused-ring (bicyclic) bond motifs is 1. The summed E-state index contributed by atoms with van der Waals surface area (Å²) in [5.41, 5.74) is 0.338. The highest BCUT2D eigenvalue weighted by atomic mass is 16.5. The zero-order valence-corrected chi connectivity index (χ0v) is 10.8. The molecule has 6 heteroatoms. The molecule has 2 aromatic rings. The van der Waals surface area contributed by atoms with Crippen LogP contribution in [0.2, 0.25) is 0 Å². The number of ether oxygens (including phenoxy) is 1. The van der Waals surface area contributed by atoms with Crippen molar-refractivity contribution in [1.29, 1.82) is 0 Å². The van der Waals surface area contributed by atoms with E-state index in [1.165, 1.54) is 24.3 Å². The minimum atomic E-state index is -0.768. The molecule has 0 fully saturated rings. The molecular weight excluding hydrogens is 276 g/mol. The fourth-order valence-corrected chi connectivity index (χ4v) is 2.39. The van der Waals surface area contributed by atoms with Gasteiger partial charge in [-0.15, -0.1) is 0 Å². The van der Waals surface area contributed by atoms with E-state index in [9.17, 15) is 25.2 Å². The van der Waals surface area contributed by atoms with E-state index in [0.717, 1.165) is 6.07 Å². The monoisotopic (exact) mass is 288 g/mol. The molecule has 108 valence electrons. The van der Waals surface area contributed by atoms with Gasteiger partial charge in [-0.2, -0.15) is 0 Å². The largest absolute Gasteiger partial charge is 0.508 e. The van der Waals surface area contributed by atoms with Gasteiger partial charge in [0.25, 0.3) is 0 Å². The zero-order chi connectivity index (χ0) is 15.1. The van der Waals surface area contributed by atoms with Crippen molar-refractivity contribution in [2.75, 3.05) is 0 Å². The average Bonchev–Trinajstić information content (AvgIpc) is 2.41. The molecule has 4 N–H and O–H groups in total. The third kappa shape index (κ3) is 2.20. The lowest BCUT2D eigenvalue weighted by Gasteiger charge is -2.26. The molecule has 0 saturated heterocycles. The third-order valence-corrected chi connectivity index (χ3v) is 3.32. The fraction of sp³-hybridized carbons (Fsp3) is 0.133. The first-order chi connectivity index (χ1) is 9.95. The second kappa shape index (κ2) is 4.59. The zero-order valence-electron chi connectivity index (χ0n) is 10.8. The van der Waals surface area contributed by atoms with E-state index in [4.69, 9.17) is 4.74 Å². The van der Waals surface area contributed by atoms with Crippen molar-refractivity contribution in [2.24, 2.45) is 0 Å². The van der Waals surface area contributed by atoms with Gasteiger partial charge in [0.15, 0.2) is 17.3 Å². The Kier molecular flexibility index (Phi) is 2.86. The van der Waals surface area contributed by atoms with Crippen LogP contribution in [0.1, 0.15) is 28.4 Å². The summed E-state index contributed by atoms with van der Waals surface area (Å²) in [5, 5.41) is 38.5. The summed E-state index contributed by atoms with van der Waals surface area (Å²) in [4.78, 5) is 12.1. The first-order valence-corrected chi connectivity index (χ1v) is 6.23. The summed E-state index contributed by atoms with van der Waals surface area (Å²) < 4.78 is 5.56. The molecule has 6 nitrogen and oxygen atoms in total. The highest BCUT2D eigenvalue weighted by molar-refractivity contribution is 6.03. The maximum Gasteiger partial charge on any atom is 0.176 e. The maximum atomic E-state index is 12.1. The van der Waals surface area contributed by atoms with Crippen molar-refractivity contribution in [3.63, 3.8) is 0 Å². The van der Waals surface area contributed by atoms with Gasteiger partial charge in [-0.1, -0.05) is 0 Å². The van der Waals surface area contributed by atoms with E-state index in [1.54, 1.807) is 0 Å². The molecular formula is C15H12O6. The number of carbonyl (C=O) groups excluding carboxylic acids is 1. The molecule has 0 saturated carbocycles. The molecule has 0 bridgehead atoms. The molecule has 2 aromatic carbocycles. The summed E-state index contributed by atoms with van der Waals surface area (Å²) >= 11 is 0. The minimum absolute atomic E-state index is 0.0596. The lowest BCUT2D eigenvalue weighted by molar-refractivity contribution is 0.0836. The van der Waals surface area contributed by atoms with Gasteiger partial charge < -0.3 is 25.2 Å². The number of hydrogen-bond acceptors (Lipinski definition) is 6. The quantitative estimate of drug-likeness (QED) is 0.599. The van der Waals surface area contributed by atoms with Crippen molar-refractivity contribution in [3.05, 3.63) is 41.5 Å². The van der Waals surface area contributed by atoms with Crippen LogP contribution in [0.5, 0.6) is 28.7 Å². The van der Waals surface area contributed by atoms with Crippen molar-refractivity contribution >= 4 is 5.78 Å². The number of rotatable bonds is 1. The number of carbonyl (C=O) groups is 1. The number of benzene rings is 2. The molecule has 0 aliphatic carbocycles. The van der Waals surface area contributed by atoms with Crippen molar-refractivity contribution in [1.82, 2.24) is 0 Å². The molecule has 0 radical (unpaired) electrons. The van der Waals surface area contributed by atoms with Crippen LogP contribution in [0.3, 0.4) is 0 Å². The van der Waals surface area contributed by atoms with Gasteiger partial charge in [-0.25, -0.2) is 0 Å². The maximum absolute atomic E-state index is 12.1. The summed E-state index contributed by atoms with van der Waals surface area (Å²) in [5.74, 6) is -1.33. The normalized spacial score (nSPS) is 17.1. The fourth-order valence-electron chi connectivity index (χ4n) is 2.39. The SMILES string of the molecule is O=C1CC(c2cc(O)cc(O)c2)Oc2c(O)ccc(O)c21. The van der Waals surface area contributed by atoms with Crippen LogP contribution in [0.4, 0.5) is 0 Å². The Morgan fingerprint density at radius 2 is 1.57 bits per heavy atom. The van der Waals surface area contributed by atoms with E-state index in [-0.39, 0.29) is 40.7 Å². The van der Waals surface area contributed by atoms with Crippen molar-refractivity contribution in [3.8, 4) is 28.7 Å². The van der Waals surface area contributed by atoms with Crippen LogP contribution >= 0.6 is 0 Å². The first kappa shape index (κ1) is 13.1. The Balaban J connectivity index is 2.06. The van der Waals surface area contributed by atoms with E-state index in [1.807, 2.05) is 0 Å². The lowest BCUT2D eigenvalue weighted by Crippen LogP contribution is -2.20. The van der Waals surface area contributed by atoms with E-state index >= 15 is 0 Å². The van der Waals surface area contributed by atoms with Gasteiger partial charge >= 0.3 is 0 Å². The Morgan fingerprint density at radius 1 is 0.952 bits per heavy atom. The van der Waals surface area contributed by atoms with Crippen LogP contribution in [-0.4, -0.2) is 26.2 Å². The van der Waals surface area contributed by atoms with Crippen LogP contribution in [0, 0.1) is 0 Å². The number of phenols is 4. The van der Waals surface area contributed by atoms with E-state index < -0.39 is 11.9 Å². The number of hydrogen-bond donors (Lipinski definition) is 4. The summed E-state index contributed by atoms with van der Waals surface area (Å²) in [6, 6.07) is 6.33. The minimum Gasteiger partial charge on any atom is -0.508 e. The number of ketones is 1. The predicted octanol–water partition coefficient (Wildman–Crippen LogP) is 2.22. The van der Waals surface area contributed by atoms with Gasteiger partial charge in [0, 0.05) is 11.6 Å². The summed E-state index contributed by atoms with van der Waals surface area (Å²) in [7, 11) is 0. The van der Waals surface area contributed by atoms with Crippen molar-refractivity contribution < 1.29 is 30.0 Å². The van der Waals surface area contributed by atoms with Gasteiger partial charge in [0.2, 0.25) is 0 Å². The van der Waals surface area contributed by atoms with Crippen LogP contribution in [0.15, 0.2) is 30.3 Å². The average molecular weight is 288 g/mol. The number of phenolic OH excluding ortho intramolecular Hbond substituents is 4. The van der Waals surface area contributed by atoms with Crippen LogP contribution in [0.25, 0.3) is 0 Å². The third-order valence-electron chi connectivity index (χ3n) is 3.32. The Bertz CT molecular complexity index is 717. The Labute approximate surface area is 119 Å². The number of Topliss-reactive ketones (excluding diaryl/α,β-unsaturated/α-hetero) is 1. The predicted molar refractivity (Wildman–Crippen MR) is 71.9 cm³/mol. The smallest absolute Gasteiger partial charge is 0.176 e. The summed E-state index contributed by atoms with van der Waals surface area (Å²) in [6.45, 7) is 0. The topological polar surface area (TPSA) is 107 Å². The molecule has 3 rings (SSSR count). The molecule has 1 unspecified atom stereocenters. The second-order valence-corrected chi connectivity index (χ2v) is 4.82. The molecule has 0 aromatic heterocycles. The van der Waals surface area contributed by atoms with Crippen LogP contribution < -0.4 is 4.74 Å². The molecule has 1 aliphatic heterocycles. The number of aromatic hydroxyl groups is 4. The molecule has 1 heterocycles.